The summed E-state index contributed by atoms with van der Waals surface area (Å²) in [5, 5.41) is 0. The second-order valence-electron chi connectivity index (χ2n) is 3.61. The number of nitrogens with zero attached hydrogens (tertiary/aromatic N) is 3. The van der Waals surface area contributed by atoms with Crippen molar-refractivity contribution in [3.63, 3.8) is 0 Å². The third-order valence-corrected chi connectivity index (χ3v) is 2.38. The number of rotatable bonds is 4. The highest BCUT2D eigenvalue weighted by molar-refractivity contribution is 5.87. The first-order valence-corrected chi connectivity index (χ1v) is 5.21. The molecule has 0 saturated heterocycles. The van der Waals surface area contributed by atoms with E-state index >= 15 is 0 Å². The average Bonchev–Trinajstić information content (AvgIpc) is 2.95. The molecule has 0 aromatic carbocycles. The van der Waals surface area contributed by atoms with E-state index in [1.165, 1.54) is 14.2 Å². The summed E-state index contributed by atoms with van der Waals surface area (Å²) in [6.07, 6.45) is 3.22. The van der Waals surface area contributed by atoms with Crippen molar-refractivity contribution < 1.29 is 18.7 Å². The molecular weight excluding hydrogens is 238 g/mol. The summed E-state index contributed by atoms with van der Waals surface area (Å²) in [6.45, 7) is 0.172. The number of methoxy groups -OCH3 is 2. The molecule has 0 aliphatic heterocycles. The molecule has 7 nitrogen and oxygen atoms in total. The number of hydrogen-bond donors (Lipinski definition) is 0. The van der Waals surface area contributed by atoms with E-state index < -0.39 is 5.97 Å². The van der Waals surface area contributed by atoms with E-state index in [9.17, 15) is 4.79 Å². The van der Waals surface area contributed by atoms with Crippen LogP contribution in [0.2, 0.25) is 0 Å². The quantitative estimate of drug-likeness (QED) is 0.754. The standard InChI is InChI=1S/C11H13N3O4/c1-14-6-12-4-8(14)10-13-7(5-16-2)9(18-10)11(15)17-3/h4,6H,5H2,1-3H3. The third kappa shape index (κ3) is 2.12. The minimum atomic E-state index is -0.581. The first-order chi connectivity index (χ1) is 8.67. The highest BCUT2D eigenvalue weighted by atomic mass is 16.5. The molecular formula is C11H13N3O4. The van der Waals surface area contributed by atoms with Gasteiger partial charge < -0.3 is 18.5 Å². The first-order valence-electron chi connectivity index (χ1n) is 5.21. The summed E-state index contributed by atoms with van der Waals surface area (Å²) in [4.78, 5) is 19.7. The topological polar surface area (TPSA) is 79.4 Å². The van der Waals surface area contributed by atoms with Gasteiger partial charge in [-0.3, -0.25) is 0 Å². The fourth-order valence-electron chi connectivity index (χ4n) is 1.51. The zero-order valence-electron chi connectivity index (χ0n) is 10.3. The van der Waals surface area contributed by atoms with Crippen molar-refractivity contribution >= 4 is 5.97 Å². The Morgan fingerprint density at radius 1 is 1.50 bits per heavy atom. The second kappa shape index (κ2) is 5.01. The lowest BCUT2D eigenvalue weighted by Gasteiger charge is -1.96. The molecule has 2 aromatic rings. The molecule has 0 amide bonds. The van der Waals surface area contributed by atoms with E-state index in [1.807, 2.05) is 0 Å². The van der Waals surface area contributed by atoms with Crippen LogP contribution < -0.4 is 0 Å². The van der Waals surface area contributed by atoms with Gasteiger partial charge in [0.2, 0.25) is 11.7 Å². The summed E-state index contributed by atoms with van der Waals surface area (Å²) < 4.78 is 16.8. The number of hydrogen-bond acceptors (Lipinski definition) is 6. The average molecular weight is 251 g/mol. The second-order valence-corrected chi connectivity index (χ2v) is 3.61. The van der Waals surface area contributed by atoms with Crippen molar-refractivity contribution in [1.82, 2.24) is 14.5 Å². The predicted molar refractivity (Wildman–Crippen MR) is 60.8 cm³/mol. The highest BCUT2D eigenvalue weighted by Gasteiger charge is 2.22. The molecule has 0 radical (unpaired) electrons. The maximum atomic E-state index is 11.5. The van der Waals surface area contributed by atoms with E-state index in [-0.39, 0.29) is 12.4 Å². The fourth-order valence-corrected chi connectivity index (χ4v) is 1.51. The van der Waals surface area contributed by atoms with E-state index in [2.05, 4.69) is 14.7 Å². The molecule has 18 heavy (non-hydrogen) atoms. The number of aryl methyl sites for hydroxylation is 1. The number of aromatic nitrogens is 3. The molecule has 0 unspecified atom stereocenters. The summed E-state index contributed by atoms with van der Waals surface area (Å²) >= 11 is 0. The van der Waals surface area contributed by atoms with Crippen molar-refractivity contribution in [3.8, 4) is 11.6 Å². The zero-order chi connectivity index (χ0) is 13.1. The van der Waals surface area contributed by atoms with Gasteiger partial charge in [0, 0.05) is 14.2 Å². The Morgan fingerprint density at radius 2 is 2.28 bits per heavy atom. The van der Waals surface area contributed by atoms with Gasteiger partial charge in [-0.05, 0) is 0 Å². The molecule has 7 heteroatoms. The smallest absolute Gasteiger partial charge is 0.376 e. The first kappa shape index (κ1) is 12.3. The van der Waals surface area contributed by atoms with Gasteiger partial charge in [0.15, 0.2) is 0 Å². The van der Waals surface area contributed by atoms with Crippen LogP contribution in [-0.2, 0) is 23.1 Å². The van der Waals surface area contributed by atoms with E-state index in [4.69, 9.17) is 9.15 Å². The van der Waals surface area contributed by atoms with Gasteiger partial charge in [-0.25, -0.2) is 14.8 Å². The van der Waals surface area contributed by atoms with Gasteiger partial charge in [-0.15, -0.1) is 0 Å². The van der Waals surface area contributed by atoms with Gasteiger partial charge >= 0.3 is 5.97 Å². The van der Waals surface area contributed by atoms with Crippen LogP contribution in [0.25, 0.3) is 11.6 Å². The largest absolute Gasteiger partial charge is 0.463 e. The van der Waals surface area contributed by atoms with Crippen LogP contribution in [0.3, 0.4) is 0 Å². The van der Waals surface area contributed by atoms with Crippen LogP contribution in [-0.4, -0.2) is 34.7 Å². The summed E-state index contributed by atoms with van der Waals surface area (Å²) in [5.74, 6) is -0.221. The van der Waals surface area contributed by atoms with Crippen LogP contribution >= 0.6 is 0 Å². The Hall–Kier alpha value is -2.15. The van der Waals surface area contributed by atoms with Gasteiger partial charge in [0.05, 0.1) is 26.2 Å². The van der Waals surface area contributed by atoms with Crippen molar-refractivity contribution in [2.24, 2.45) is 7.05 Å². The van der Waals surface area contributed by atoms with Gasteiger partial charge in [0.1, 0.15) is 11.4 Å². The molecule has 0 saturated carbocycles. The van der Waals surface area contributed by atoms with E-state index in [0.29, 0.717) is 17.3 Å². The minimum absolute atomic E-state index is 0.0514. The van der Waals surface area contributed by atoms with Gasteiger partial charge in [-0.2, -0.15) is 0 Å². The summed E-state index contributed by atoms with van der Waals surface area (Å²) in [5.41, 5.74) is 1.07. The molecule has 2 heterocycles. The molecule has 2 aromatic heterocycles. The van der Waals surface area contributed by atoms with Crippen LogP contribution in [0.1, 0.15) is 16.2 Å². The monoisotopic (exact) mass is 251 g/mol. The number of carbonyl (C=O) groups is 1. The Bertz CT molecular complexity index is 558. The molecule has 0 spiro atoms. The summed E-state index contributed by atoms with van der Waals surface area (Å²) in [6, 6.07) is 0. The van der Waals surface area contributed by atoms with E-state index in [0.717, 1.165) is 0 Å². The summed E-state index contributed by atoms with van der Waals surface area (Å²) in [7, 11) is 4.60. The fraction of sp³-hybridized carbons (Fsp3) is 0.364. The molecule has 0 aliphatic carbocycles. The molecule has 0 N–H and O–H groups in total. The Kier molecular flexibility index (Phi) is 3.42. The van der Waals surface area contributed by atoms with Crippen LogP contribution in [0.15, 0.2) is 16.9 Å². The van der Waals surface area contributed by atoms with Crippen molar-refractivity contribution in [1.29, 1.82) is 0 Å². The predicted octanol–water partition coefficient (Wildman–Crippen LogP) is 1.01. The third-order valence-electron chi connectivity index (χ3n) is 2.38. The number of ether oxygens (including phenoxy) is 2. The molecule has 0 fully saturated rings. The molecule has 96 valence electrons. The number of carbonyl (C=O) groups excluding carboxylic acids is 1. The molecule has 2 rings (SSSR count). The zero-order valence-corrected chi connectivity index (χ0v) is 10.3. The van der Waals surface area contributed by atoms with Crippen molar-refractivity contribution in [2.45, 2.75) is 6.61 Å². The molecule has 0 bridgehead atoms. The minimum Gasteiger partial charge on any atom is -0.463 e. The number of esters is 1. The van der Waals surface area contributed by atoms with Crippen LogP contribution in [0.4, 0.5) is 0 Å². The number of oxazole rings is 1. The van der Waals surface area contributed by atoms with Crippen LogP contribution in [0.5, 0.6) is 0 Å². The van der Waals surface area contributed by atoms with E-state index in [1.54, 1.807) is 24.1 Å². The van der Waals surface area contributed by atoms with Crippen molar-refractivity contribution in [2.75, 3.05) is 14.2 Å². The van der Waals surface area contributed by atoms with Gasteiger partial charge in [0.25, 0.3) is 0 Å². The Labute approximate surface area is 103 Å². The molecule has 0 atom stereocenters. The lowest BCUT2D eigenvalue weighted by molar-refractivity contribution is 0.0559. The SMILES string of the molecule is COCc1nc(-c2cncn2C)oc1C(=O)OC. The van der Waals surface area contributed by atoms with Crippen molar-refractivity contribution in [3.05, 3.63) is 24.0 Å². The lowest BCUT2D eigenvalue weighted by atomic mass is 10.3. The Morgan fingerprint density at radius 3 is 2.83 bits per heavy atom. The maximum Gasteiger partial charge on any atom is 0.376 e. The maximum absolute atomic E-state index is 11.5. The highest BCUT2D eigenvalue weighted by Crippen LogP contribution is 2.22. The molecule has 0 aliphatic rings. The normalized spacial score (nSPS) is 10.6. The van der Waals surface area contributed by atoms with Gasteiger partial charge in [-0.1, -0.05) is 0 Å². The van der Waals surface area contributed by atoms with Crippen LogP contribution in [0, 0.1) is 0 Å². The number of imidazole rings is 1. The lowest BCUT2D eigenvalue weighted by Crippen LogP contribution is -2.04. The Balaban J connectivity index is 2.45.